The van der Waals surface area contributed by atoms with Gasteiger partial charge in [0, 0.05) is 12.6 Å². The number of ether oxygens (including phenoxy) is 1. The Labute approximate surface area is 128 Å². The van der Waals surface area contributed by atoms with E-state index in [1.165, 1.54) is 37.7 Å². The molecule has 0 heterocycles. The van der Waals surface area contributed by atoms with Crippen molar-refractivity contribution in [2.24, 2.45) is 0 Å². The number of aliphatic hydroxyl groups excluding tert-OH is 1. The molecule has 0 aromatic heterocycles. The van der Waals surface area contributed by atoms with Gasteiger partial charge in [0.2, 0.25) is 0 Å². The second-order valence-corrected chi connectivity index (χ2v) is 6.39. The van der Waals surface area contributed by atoms with Crippen molar-refractivity contribution in [3.8, 4) is 5.75 Å². The van der Waals surface area contributed by atoms with Crippen molar-refractivity contribution in [3.63, 3.8) is 0 Å². The predicted molar refractivity (Wildman–Crippen MR) is 86.9 cm³/mol. The van der Waals surface area contributed by atoms with Gasteiger partial charge in [0.05, 0.1) is 0 Å². The molecule has 1 aromatic carbocycles. The van der Waals surface area contributed by atoms with E-state index in [1.807, 2.05) is 12.1 Å². The zero-order valence-corrected chi connectivity index (χ0v) is 13.6. The van der Waals surface area contributed by atoms with Crippen LogP contribution in [0.4, 0.5) is 0 Å². The molecular formula is C18H29NO2. The molecule has 1 aromatic rings. The van der Waals surface area contributed by atoms with Crippen LogP contribution in [0.3, 0.4) is 0 Å². The summed E-state index contributed by atoms with van der Waals surface area (Å²) in [5.41, 5.74) is 2.38. The van der Waals surface area contributed by atoms with Crippen LogP contribution >= 0.6 is 0 Å². The van der Waals surface area contributed by atoms with Crippen molar-refractivity contribution in [1.29, 1.82) is 0 Å². The number of benzene rings is 1. The lowest BCUT2D eigenvalue weighted by Crippen LogP contribution is -2.40. The van der Waals surface area contributed by atoms with Crippen molar-refractivity contribution in [2.45, 2.75) is 58.1 Å². The molecule has 3 nitrogen and oxygen atoms in total. The number of likely N-dealkylation sites (N-methyl/N-ethyl adjacent to an activating group) is 1. The van der Waals surface area contributed by atoms with Crippen LogP contribution in [-0.2, 0) is 0 Å². The van der Waals surface area contributed by atoms with Crippen LogP contribution in [0.2, 0.25) is 0 Å². The van der Waals surface area contributed by atoms with Crippen LogP contribution in [0.25, 0.3) is 0 Å². The Morgan fingerprint density at radius 3 is 2.67 bits per heavy atom. The standard InChI is InChI=1S/C18H29NO2/c1-14-8-7-11-18(15(14)2)21-13-17(20)12-19(3)16-9-5-4-6-10-16/h7-8,11,16-17,20H,4-6,9-10,12-13H2,1-3H3/t17-/m1/s1. The number of rotatable bonds is 6. The first-order valence-corrected chi connectivity index (χ1v) is 8.15. The van der Waals surface area contributed by atoms with Crippen LogP contribution in [0.15, 0.2) is 18.2 Å². The summed E-state index contributed by atoms with van der Waals surface area (Å²) < 4.78 is 5.79. The quantitative estimate of drug-likeness (QED) is 0.873. The fraction of sp³-hybridized carbons (Fsp3) is 0.667. The predicted octanol–water partition coefficient (Wildman–Crippen LogP) is 3.31. The first kappa shape index (κ1) is 16.3. The van der Waals surface area contributed by atoms with Crippen molar-refractivity contribution < 1.29 is 9.84 Å². The van der Waals surface area contributed by atoms with Gasteiger partial charge in [0.1, 0.15) is 18.5 Å². The molecule has 0 radical (unpaired) electrons. The lowest BCUT2D eigenvalue weighted by molar-refractivity contribution is 0.0559. The molecule has 1 N–H and O–H groups in total. The molecule has 1 atom stereocenters. The highest BCUT2D eigenvalue weighted by Gasteiger charge is 2.20. The number of aliphatic hydroxyl groups is 1. The second-order valence-electron chi connectivity index (χ2n) is 6.39. The van der Waals surface area contributed by atoms with E-state index in [2.05, 4.69) is 31.9 Å². The molecule has 0 amide bonds. The highest BCUT2D eigenvalue weighted by molar-refractivity contribution is 5.38. The van der Waals surface area contributed by atoms with E-state index in [9.17, 15) is 5.11 Å². The number of nitrogens with zero attached hydrogens (tertiary/aromatic N) is 1. The first-order chi connectivity index (χ1) is 10.1. The van der Waals surface area contributed by atoms with Gasteiger partial charge < -0.3 is 14.7 Å². The highest BCUT2D eigenvalue weighted by atomic mass is 16.5. The average molecular weight is 291 g/mol. The lowest BCUT2D eigenvalue weighted by atomic mass is 9.94. The van der Waals surface area contributed by atoms with Crippen LogP contribution in [0.5, 0.6) is 5.75 Å². The second kappa shape index (κ2) is 7.81. The van der Waals surface area contributed by atoms with E-state index in [4.69, 9.17) is 4.74 Å². The molecular weight excluding hydrogens is 262 g/mol. The topological polar surface area (TPSA) is 32.7 Å². The Morgan fingerprint density at radius 2 is 1.95 bits per heavy atom. The van der Waals surface area contributed by atoms with Gasteiger partial charge in [-0.25, -0.2) is 0 Å². The fourth-order valence-corrected chi connectivity index (χ4v) is 3.12. The molecule has 0 saturated heterocycles. The summed E-state index contributed by atoms with van der Waals surface area (Å²) in [5.74, 6) is 0.884. The van der Waals surface area contributed by atoms with Crippen molar-refractivity contribution >= 4 is 0 Å². The Hall–Kier alpha value is -1.06. The molecule has 0 aliphatic heterocycles. The summed E-state index contributed by atoms with van der Waals surface area (Å²) >= 11 is 0. The average Bonchev–Trinajstić information content (AvgIpc) is 2.49. The summed E-state index contributed by atoms with van der Waals surface area (Å²) in [6.45, 7) is 5.19. The van der Waals surface area contributed by atoms with Gasteiger partial charge in [-0.3, -0.25) is 0 Å². The molecule has 3 heteroatoms. The van der Waals surface area contributed by atoms with Crippen molar-refractivity contribution in [3.05, 3.63) is 29.3 Å². The third-order valence-corrected chi connectivity index (χ3v) is 4.68. The minimum atomic E-state index is -0.433. The van der Waals surface area contributed by atoms with Gasteiger partial charge in [-0.15, -0.1) is 0 Å². The molecule has 1 saturated carbocycles. The minimum absolute atomic E-state index is 0.362. The zero-order valence-electron chi connectivity index (χ0n) is 13.6. The third kappa shape index (κ3) is 4.72. The zero-order chi connectivity index (χ0) is 15.2. The smallest absolute Gasteiger partial charge is 0.122 e. The van der Waals surface area contributed by atoms with Gasteiger partial charge in [0.15, 0.2) is 0 Å². The van der Waals surface area contributed by atoms with Crippen LogP contribution < -0.4 is 4.74 Å². The third-order valence-electron chi connectivity index (χ3n) is 4.68. The molecule has 1 fully saturated rings. The maximum absolute atomic E-state index is 10.2. The highest BCUT2D eigenvalue weighted by Crippen LogP contribution is 2.22. The van der Waals surface area contributed by atoms with Crippen molar-refractivity contribution in [1.82, 2.24) is 4.90 Å². The maximum Gasteiger partial charge on any atom is 0.122 e. The first-order valence-electron chi connectivity index (χ1n) is 8.15. The summed E-state index contributed by atoms with van der Waals surface area (Å²) in [7, 11) is 2.12. The van der Waals surface area contributed by atoms with Crippen LogP contribution in [-0.4, -0.2) is 42.4 Å². The van der Waals surface area contributed by atoms with Crippen LogP contribution in [0.1, 0.15) is 43.2 Å². The van der Waals surface area contributed by atoms with Crippen LogP contribution in [0, 0.1) is 13.8 Å². The Morgan fingerprint density at radius 1 is 1.24 bits per heavy atom. The lowest BCUT2D eigenvalue weighted by Gasteiger charge is -2.32. The van der Waals surface area contributed by atoms with E-state index < -0.39 is 6.10 Å². The van der Waals surface area contributed by atoms with Gasteiger partial charge >= 0.3 is 0 Å². The molecule has 0 spiro atoms. The summed E-state index contributed by atoms with van der Waals surface area (Å²) in [6.07, 6.45) is 6.11. The van der Waals surface area contributed by atoms with Crippen molar-refractivity contribution in [2.75, 3.05) is 20.2 Å². The Bertz CT molecular complexity index is 441. The summed E-state index contributed by atoms with van der Waals surface area (Å²) in [5, 5.41) is 10.2. The SMILES string of the molecule is Cc1cccc(OC[C@H](O)CN(C)C2CCCCC2)c1C. The Balaban J connectivity index is 1.78. The largest absolute Gasteiger partial charge is 0.491 e. The number of hydrogen-bond donors (Lipinski definition) is 1. The van der Waals surface area contributed by atoms with E-state index in [1.54, 1.807) is 0 Å². The van der Waals surface area contributed by atoms with Gasteiger partial charge in [-0.2, -0.15) is 0 Å². The molecule has 0 bridgehead atoms. The van der Waals surface area contributed by atoms with E-state index >= 15 is 0 Å². The number of hydrogen-bond acceptors (Lipinski definition) is 3. The van der Waals surface area contributed by atoms with Gasteiger partial charge in [0.25, 0.3) is 0 Å². The number of aryl methyl sites for hydroxylation is 1. The Kier molecular flexibility index (Phi) is 6.07. The molecule has 1 aliphatic carbocycles. The molecule has 1 aliphatic rings. The van der Waals surface area contributed by atoms with E-state index in [-0.39, 0.29) is 0 Å². The monoisotopic (exact) mass is 291 g/mol. The maximum atomic E-state index is 10.2. The molecule has 118 valence electrons. The van der Waals surface area contributed by atoms with Gasteiger partial charge in [-0.05, 0) is 50.9 Å². The fourth-order valence-electron chi connectivity index (χ4n) is 3.12. The minimum Gasteiger partial charge on any atom is -0.491 e. The summed E-state index contributed by atoms with van der Waals surface area (Å²) in [6, 6.07) is 6.68. The normalized spacial score (nSPS) is 18.0. The molecule has 2 rings (SSSR count). The van der Waals surface area contributed by atoms with Gasteiger partial charge in [-0.1, -0.05) is 31.4 Å². The molecule has 21 heavy (non-hydrogen) atoms. The summed E-state index contributed by atoms with van der Waals surface area (Å²) in [4.78, 5) is 2.30. The van der Waals surface area contributed by atoms with E-state index in [0.717, 1.165) is 11.3 Å². The molecule has 0 unspecified atom stereocenters. The van der Waals surface area contributed by atoms with E-state index in [0.29, 0.717) is 19.2 Å².